The Morgan fingerprint density at radius 2 is 1.90 bits per heavy atom. The number of carbonyl (C=O) groups excluding carboxylic acids is 1. The number of rotatable bonds is 3. The van der Waals surface area contributed by atoms with Crippen molar-refractivity contribution in [1.82, 2.24) is 0 Å². The fraction of sp³-hybridized carbons (Fsp3) is 0.278. The molecule has 0 amide bonds. The van der Waals surface area contributed by atoms with E-state index < -0.39 is 0 Å². The Balaban J connectivity index is 1.77. The first-order valence-electron chi connectivity index (χ1n) is 7.30. The minimum Gasteiger partial charge on any atom is -0.465 e. The zero-order chi connectivity index (χ0) is 14.7. The summed E-state index contributed by atoms with van der Waals surface area (Å²) in [4.78, 5) is 11.4. The zero-order valence-corrected chi connectivity index (χ0v) is 12.1. The molecule has 2 aromatic rings. The van der Waals surface area contributed by atoms with Gasteiger partial charge in [0, 0.05) is 5.69 Å². The van der Waals surface area contributed by atoms with Gasteiger partial charge in [0.2, 0.25) is 0 Å². The van der Waals surface area contributed by atoms with Crippen molar-refractivity contribution in [1.29, 1.82) is 0 Å². The summed E-state index contributed by atoms with van der Waals surface area (Å²) in [6.07, 6.45) is 3.50. The van der Waals surface area contributed by atoms with Crippen LogP contribution < -0.4 is 5.32 Å². The van der Waals surface area contributed by atoms with Crippen LogP contribution in [0, 0.1) is 0 Å². The Labute approximate surface area is 124 Å². The van der Waals surface area contributed by atoms with E-state index in [2.05, 4.69) is 29.6 Å². The fourth-order valence-corrected chi connectivity index (χ4v) is 2.93. The monoisotopic (exact) mass is 281 g/mol. The first-order chi connectivity index (χ1) is 10.3. The van der Waals surface area contributed by atoms with Crippen LogP contribution in [0.25, 0.3) is 0 Å². The molecular weight excluding hydrogens is 262 g/mol. The van der Waals surface area contributed by atoms with Gasteiger partial charge in [-0.2, -0.15) is 0 Å². The molecule has 3 nitrogen and oxygen atoms in total. The second-order valence-electron chi connectivity index (χ2n) is 5.36. The van der Waals surface area contributed by atoms with E-state index >= 15 is 0 Å². The average molecular weight is 281 g/mol. The van der Waals surface area contributed by atoms with Crippen LogP contribution in [-0.2, 0) is 11.2 Å². The Morgan fingerprint density at radius 1 is 1.14 bits per heavy atom. The average Bonchev–Trinajstić information content (AvgIpc) is 2.55. The molecule has 3 rings (SSSR count). The third-order valence-corrected chi connectivity index (χ3v) is 4.02. The van der Waals surface area contributed by atoms with Crippen molar-refractivity contribution in [2.45, 2.75) is 25.3 Å². The molecule has 0 bridgehead atoms. The van der Waals surface area contributed by atoms with Crippen molar-refractivity contribution in [2.24, 2.45) is 0 Å². The lowest BCUT2D eigenvalue weighted by Crippen LogP contribution is -2.17. The molecule has 21 heavy (non-hydrogen) atoms. The smallest absolute Gasteiger partial charge is 0.337 e. The molecule has 0 fully saturated rings. The van der Waals surface area contributed by atoms with Crippen molar-refractivity contribution in [2.75, 3.05) is 12.4 Å². The number of fused-ring (bicyclic) bond motifs is 1. The van der Waals surface area contributed by atoms with Gasteiger partial charge < -0.3 is 10.1 Å². The van der Waals surface area contributed by atoms with E-state index in [9.17, 15) is 4.79 Å². The van der Waals surface area contributed by atoms with E-state index in [0.29, 0.717) is 11.6 Å². The number of anilines is 1. The summed E-state index contributed by atoms with van der Waals surface area (Å²) in [6, 6.07) is 16.4. The van der Waals surface area contributed by atoms with Crippen LogP contribution in [0.2, 0.25) is 0 Å². The molecule has 1 unspecified atom stereocenters. The SMILES string of the molecule is COC(=O)c1ccc(NC2CCCc3ccccc32)cc1. The molecule has 1 atom stereocenters. The lowest BCUT2D eigenvalue weighted by atomic mass is 9.87. The molecule has 3 heteroatoms. The van der Waals surface area contributed by atoms with Crippen LogP contribution in [0.5, 0.6) is 0 Å². The summed E-state index contributed by atoms with van der Waals surface area (Å²) in [5.41, 5.74) is 4.43. The minimum absolute atomic E-state index is 0.301. The van der Waals surface area contributed by atoms with Gasteiger partial charge in [0.15, 0.2) is 0 Å². The first kappa shape index (κ1) is 13.7. The van der Waals surface area contributed by atoms with Crippen LogP contribution in [0.3, 0.4) is 0 Å². The molecule has 0 heterocycles. The van der Waals surface area contributed by atoms with Gasteiger partial charge in [0.05, 0.1) is 18.7 Å². The highest BCUT2D eigenvalue weighted by Crippen LogP contribution is 2.32. The molecule has 108 valence electrons. The number of nitrogens with one attached hydrogen (secondary N) is 1. The van der Waals surface area contributed by atoms with E-state index in [1.54, 1.807) is 12.1 Å². The number of hydrogen-bond donors (Lipinski definition) is 1. The van der Waals surface area contributed by atoms with Crippen LogP contribution in [0.15, 0.2) is 48.5 Å². The van der Waals surface area contributed by atoms with E-state index in [1.807, 2.05) is 12.1 Å². The normalized spacial score (nSPS) is 16.9. The predicted molar refractivity (Wildman–Crippen MR) is 83.5 cm³/mol. The number of ether oxygens (including phenoxy) is 1. The molecule has 0 radical (unpaired) electrons. The molecule has 1 N–H and O–H groups in total. The van der Waals surface area contributed by atoms with Crippen LogP contribution in [0.4, 0.5) is 5.69 Å². The summed E-state index contributed by atoms with van der Waals surface area (Å²) in [5.74, 6) is -0.301. The third kappa shape index (κ3) is 2.92. The highest BCUT2D eigenvalue weighted by Gasteiger charge is 2.19. The van der Waals surface area contributed by atoms with Gasteiger partial charge >= 0.3 is 5.97 Å². The van der Waals surface area contributed by atoms with Crippen LogP contribution in [0.1, 0.15) is 40.4 Å². The predicted octanol–water partition coefficient (Wildman–Crippen LogP) is 3.96. The Morgan fingerprint density at radius 3 is 2.67 bits per heavy atom. The number of methoxy groups -OCH3 is 1. The Bertz CT molecular complexity index is 634. The Kier molecular flexibility index (Phi) is 3.91. The molecular formula is C18H19NO2. The standard InChI is InChI=1S/C18H19NO2/c1-21-18(20)14-9-11-15(12-10-14)19-17-8-4-6-13-5-2-3-7-16(13)17/h2-3,5,7,9-12,17,19H,4,6,8H2,1H3. The van der Waals surface area contributed by atoms with Gasteiger partial charge in [-0.3, -0.25) is 0 Å². The summed E-state index contributed by atoms with van der Waals surface area (Å²) in [7, 11) is 1.40. The summed E-state index contributed by atoms with van der Waals surface area (Å²) < 4.78 is 4.71. The number of esters is 1. The van der Waals surface area contributed by atoms with Crippen LogP contribution >= 0.6 is 0 Å². The molecule has 1 aliphatic rings. The van der Waals surface area contributed by atoms with Gasteiger partial charge in [-0.05, 0) is 54.7 Å². The molecule has 1 aliphatic carbocycles. The number of hydrogen-bond acceptors (Lipinski definition) is 3. The second-order valence-corrected chi connectivity index (χ2v) is 5.36. The van der Waals surface area contributed by atoms with Crippen molar-refractivity contribution < 1.29 is 9.53 Å². The topological polar surface area (TPSA) is 38.3 Å². The summed E-state index contributed by atoms with van der Waals surface area (Å²) in [6.45, 7) is 0. The van der Waals surface area contributed by atoms with E-state index in [1.165, 1.54) is 24.7 Å². The maximum atomic E-state index is 11.4. The number of benzene rings is 2. The van der Waals surface area contributed by atoms with Gasteiger partial charge in [-0.1, -0.05) is 24.3 Å². The van der Waals surface area contributed by atoms with Crippen molar-refractivity contribution in [3.8, 4) is 0 Å². The fourth-order valence-electron chi connectivity index (χ4n) is 2.93. The van der Waals surface area contributed by atoms with Gasteiger partial charge in [-0.15, -0.1) is 0 Å². The summed E-state index contributed by atoms with van der Waals surface area (Å²) in [5, 5.41) is 3.57. The largest absolute Gasteiger partial charge is 0.465 e. The van der Waals surface area contributed by atoms with Crippen molar-refractivity contribution in [3.05, 3.63) is 65.2 Å². The van der Waals surface area contributed by atoms with Gasteiger partial charge in [0.25, 0.3) is 0 Å². The van der Waals surface area contributed by atoms with Gasteiger partial charge in [-0.25, -0.2) is 4.79 Å². The third-order valence-electron chi connectivity index (χ3n) is 4.02. The molecule has 0 aromatic heterocycles. The quantitative estimate of drug-likeness (QED) is 0.865. The van der Waals surface area contributed by atoms with Gasteiger partial charge in [0.1, 0.15) is 0 Å². The second kappa shape index (κ2) is 6.00. The van der Waals surface area contributed by atoms with E-state index in [4.69, 9.17) is 4.74 Å². The highest BCUT2D eigenvalue weighted by molar-refractivity contribution is 5.89. The van der Waals surface area contributed by atoms with Crippen molar-refractivity contribution >= 4 is 11.7 Å². The number of carbonyl (C=O) groups is 1. The Hall–Kier alpha value is -2.29. The molecule has 0 saturated heterocycles. The zero-order valence-electron chi connectivity index (χ0n) is 12.1. The first-order valence-corrected chi connectivity index (χ1v) is 7.30. The lowest BCUT2D eigenvalue weighted by molar-refractivity contribution is 0.0601. The minimum atomic E-state index is -0.301. The van der Waals surface area contributed by atoms with Crippen LogP contribution in [-0.4, -0.2) is 13.1 Å². The van der Waals surface area contributed by atoms with E-state index in [0.717, 1.165) is 18.5 Å². The maximum absolute atomic E-state index is 11.4. The van der Waals surface area contributed by atoms with Crippen molar-refractivity contribution in [3.63, 3.8) is 0 Å². The highest BCUT2D eigenvalue weighted by atomic mass is 16.5. The molecule has 2 aromatic carbocycles. The molecule has 0 spiro atoms. The molecule has 0 saturated carbocycles. The maximum Gasteiger partial charge on any atom is 0.337 e. The van der Waals surface area contributed by atoms with E-state index in [-0.39, 0.29) is 5.97 Å². The lowest BCUT2D eigenvalue weighted by Gasteiger charge is -2.27. The summed E-state index contributed by atoms with van der Waals surface area (Å²) >= 11 is 0. The molecule has 0 aliphatic heterocycles. The number of aryl methyl sites for hydroxylation is 1.